The Hall–Kier alpha value is -3.13. The molecule has 8 heteroatoms. The maximum absolute atomic E-state index is 13.3. The molecule has 1 aromatic carbocycles. The average Bonchev–Trinajstić information content (AvgIpc) is 2.85. The molecule has 1 saturated heterocycles. The molecule has 2 fully saturated rings. The van der Waals surface area contributed by atoms with Crippen molar-refractivity contribution in [2.45, 2.75) is 32.3 Å². The number of benzene rings is 1. The molecule has 1 saturated carbocycles. The number of aromatic nitrogens is 1. The number of hydrogen-bond donors (Lipinski definition) is 2. The number of hydroxylamine groups is 1. The van der Waals surface area contributed by atoms with Crippen molar-refractivity contribution in [1.82, 2.24) is 15.4 Å². The van der Waals surface area contributed by atoms with E-state index in [4.69, 9.17) is 4.74 Å². The van der Waals surface area contributed by atoms with Crippen molar-refractivity contribution in [2.75, 3.05) is 31.1 Å². The van der Waals surface area contributed by atoms with Gasteiger partial charge in [-0.15, -0.1) is 0 Å². The molecule has 0 radical (unpaired) electrons. The number of ether oxygens (including phenoxy) is 1. The SMILES string of the molecule is Cc1ncccc1O[C@@H]1CC[C@H](C(=O)N2CCN(c3ccccc3)CC2)[C@@H](C(=O)NO)C1. The first-order chi connectivity index (χ1) is 15.6. The first kappa shape index (κ1) is 22.1. The highest BCUT2D eigenvalue weighted by atomic mass is 16.5. The third kappa shape index (κ3) is 4.85. The zero-order valence-electron chi connectivity index (χ0n) is 18.3. The number of carbonyl (C=O) groups is 2. The summed E-state index contributed by atoms with van der Waals surface area (Å²) in [6.07, 6.45) is 3.08. The van der Waals surface area contributed by atoms with E-state index in [-0.39, 0.29) is 12.0 Å². The van der Waals surface area contributed by atoms with Gasteiger partial charge in [0, 0.05) is 38.1 Å². The number of nitrogens with zero attached hydrogens (tertiary/aromatic N) is 3. The molecule has 0 unspecified atom stereocenters. The molecular weight excluding hydrogens is 408 g/mol. The van der Waals surface area contributed by atoms with Gasteiger partial charge >= 0.3 is 0 Å². The summed E-state index contributed by atoms with van der Waals surface area (Å²) in [5.41, 5.74) is 3.70. The number of carbonyl (C=O) groups excluding carboxylic acids is 2. The molecule has 2 aliphatic rings. The molecule has 0 bridgehead atoms. The number of para-hydroxylation sites is 1. The Balaban J connectivity index is 1.39. The third-order valence-electron chi connectivity index (χ3n) is 6.53. The molecule has 32 heavy (non-hydrogen) atoms. The van der Waals surface area contributed by atoms with Crippen molar-refractivity contribution in [3.05, 3.63) is 54.4 Å². The minimum absolute atomic E-state index is 0.0117. The van der Waals surface area contributed by atoms with Crippen LogP contribution in [0.3, 0.4) is 0 Å². The van der Waals surface area contributed by atoms with E-state index in [1.165, 1.54) is 0 Å². The summed E-state index contributed by atoms with van der Waals surface area (Å²) in [6.45, 7) is 4.62. The summed E-state index contributed by atoms with van der Waals surface area (Å²) in [4.78, 5) is 34.2. The summed E-state index contributed by atoms with van der Waals surface area (Å²) in [5, 5.41) is 9.30. The normalized spacial score (nSPS) is 23.5. The minimum Gasteiger partial charge on any atom is -0.489 e. The van der Waals surface area contributed by atoms with Gasteiger partial charge in [0.05, 0.1) is 23.6 Å². The van der Waals surface area contributed by atoms with E-state index in [0.717, 1.165) is 24.5 Å². The summed E-state index contributed by atoms with van der Waals surface area (Å²) in [7, 11) is 0. The van der Waals surface area contributed by atoms with Gasteiger partial charge in [0.2, 0.25) is 11.8 Å². The lowest BCUT2D eigenvalue weighted by Crippen LogP contribution is -2.53. The van der Waals surface area contributed by atoms with Crippen LogP contribution in [-0.4, -0.2) is 59.2 Å². The fourth-order valence-electron chi connectivity index (χ4n) is 4.74. The molecule has 1 aliphatic heterocycles. The van der Waals surface area contributed by atoms with Gasteiger partial charge in [0.15, 0.2) is 0 Å². The van der Waals surface area contributed by atoms with Crippen LogP contribution in [-0.2, 0) is 9.59 Å². The van der Waals surface area contributed by atoms with E-state index in [2.05, 4.69) is 22.0 Å². The van der Waals surface area contributed by atoms with E-state index in [0.29, 0.717) is 38.1 Å². The van der Waals surface area contributed by atoms with Crippen molar-refractivity contribution in [2.24, 2.45) is 11.8 Å². The monoisotopic (exact) mass is 438 g/mol. The zero-order chi connectivity index (χ0) is 22.5. The van der Waals surface area contributed by atoms with Gasteiger partial charge in [0.1, 0.15) is 5.75 Å². The number of rotatable bonds is 5. The smallest absolute Gasteiger partial charge is 0.247 e. The molecule has 4 rings (SSSR count). The quantitative estimate of drug-likeness (QED) is 0.550. The lowest BCUT2D eigenvalue weighted by molar-refractivity contribution is -0.148. The third-order valence-corrected chi connectivity index (χ3v) is 6.53. The second-order valence-corrected chi connectivity index (χ2v) is 8.48. The maximum atomic E-state index is 13.3. The highest BCUT2D eigenvalue weighted by Crippen LogP contribution is 2.35. The first-order valence-corrected chi connectivity index (χ1v) is 11.2. The summed E-state index contributed by atoms with van der Waals surface area (Å²) in [6, 6.07) is 13.8. The van der Waals surface area contributed by atoms with Crippen LogP contribution in [0.4, 0.5) is 5.69 Å². The predicted molar refractivity (Wildman–Crippen MR) is 119 cm³/mol. The minimum atomic E-state index is -0.629. The van der Waals surface area contributed by atoms with Gasteiger partial charge < -0.3 is 14.5 Å². The fraction of sp³-hybridized carbons (Fsp3) is 0.458. The Morgan fingerprint density at radius 2 is 1.78 bits per heavy atom. The molecule has 1 aliphatic carbocycles. The van der Waals surface area contributed by atoms with Crippen molar-refractivity contribution >= 4 is 17.5 Å². The van der Waals surface area contributed by atoms with Gasteiger partial charge in [-0.1, -0.05) is 18.2 Å². The van der Waals surface area contributed by atoms with Crippen molar-refractivity contribution < 1.29 is 19.5 Å². The molecule has 2 aromatic rings. The Morgan fingerprint density at radius 3 is 2.47 bits per heavy atom. The van der Waals surface area contributed by atoms with E-state index < -0.39 is 17.7 Å². The molecule has 170 valence electrons. The maximum Gasteiger partial charge on any atom is 0.247 e. The van der Waals surface area contributed by atoms with E-state index in [9.17, 15) is 14.8 Å². The molecule has 8 nitrogen and oxygen atoms in total. The Morgan fingerprint density at radius 1 is 1.03 bits per heavy atom. The molecular formula is C24H30N4O4. The lowest BCUT2D eigenvalue weighted by Gasteiger charge is -2.40. The highest BCUT2D eigenvalue weighted by Gasteiger charge is 2.42. The number of hydrogen-bond acceptors (Lipinski definition) is 6. The standard InChI is InChI=1S/C24H30N4O4/c1-17-22(8-5-11-25-17)32-19-9-10-20(21(16-19)23(29)26-31)24(30)28-14-12-27(13-15-28)18-6-3-2-4-7-18/h2-8,11,19-21,31H,9-10,12-16H2,1H3,(H,26,29)/t19-,20+,21+/m1/s1. The molecule has 1 aromatic heterocycles. The molecule has 2 amide bonds. The van der Waals surface area contributed by atoms with E-state index >= 15 is 0 Å². The number of pyridine rings is 1. The second kappa shape index (κ2) is 9.99. The molecule has 2 heterocycles. The van der Waals surface area contributed by atoms with Crippen LogP contribution in [0.25, 0.3) is 0 Å². The van der Waals surface area contributed by atoms with Crippen molar-refractivity contribution in [3.8, 4) is 5.75 Å². The summed E-state index contributed by atoms with van der Waals surface area (Å²) in [5.74, 6) is -0.942. The highest BCUT2D eigenvalue weighted by molar-refractivity contribution is 5.87. The van der Waals surface area contributed by atoms with Gasteiger partial charge in [-0.3, -0.25) is 19.8 Å². The van der Waals surface area contributed by atoms with Crippen LogP contribution in [0.1, 0.15) is 25.0 Å². The van der Waals surface area contributed by atoms with Gasteiger partial charge in [-0.2, -0.15) is 0 Å². The number of piperazine rings is 1. The van der Waals surface area contributed by atoms with Crippen LogP contribution in [0.15, 0.2) is 48.7 Å². The summed E-state index contributed by atoms with van der Waals surface area (Å²) < 4.78 is 6.09. The Labute approximate surface area is 188 Å². The Kier molecular flexibility index (Phi) is 6.90. The fourth-order valence-corrected chi connectivity index (χ4v) is 4.74. The number of aryl methyl sites for hydroxylation is 1. The average molecular weight is 439 g/mol. The van der Waals surface area contributed by atoms with Gasteiger partial charge in [-0.25, -0.2) is 5.48 Å². The van der Waals surface area contributed by atoms with Crippen LogP contribution in [0, 0.1) is 18.8 Å². The van der Waals surface area contributed by atoms with E-state index in [1.807, 2.05) is 42.2 Å². The zero-order valence-corrected chi connectivity index (χ0v) is 18.3. The Bertz CT molecular complexity index is 931. The molecule has 3 atom stereocenters. The predicted octanol–water partition coefficient (Wildman–Crippen LogP) is 2.41. The van der Waals surface area contributed by atoms with Gasteiger partial charge in [0.25, 0.3) is 0 Å². The second-order valence-electron chi connectivity index (χ2n) is 8.48. The van der Waals surface area contributed by atoms with Crippen LogP contribution in [0.2, 0.25) is 0 Å². The van der Waals surface area contributed by atoms with Crippen LogP contribution >= 0.6 is 0 Å². The van der Waals surface area contributed by atoms with Crippen molar-refractivity contribution in [1.29, 1.82) is 0 Å². The summed E-state index contributed by atoms with van der Waals surface area (Å²) >= 11 is 0. The first-order valence-electron chi connectivity index (χ1n) is 11.2. The topological polar surface area (TPSA) is 95.0 Å². The van der Waals surface area contributed by atoms with Gasteiger partial charge in [-0.05, 0) is 50.5 Å². The molecule has 0 spiro atoms. The van der Waals surface area contributed by atoms with Crippen LogP contribution in [0.5, 0.6) is 5.75 Å². The number of amides is 2. The number of anilines is 1. The van der Waals surface area contributed by atoms with Crippen molar-refractivity contribution in [3.63, 3.8) is 0 Å². The molecule has 2 N–H and O–H groups in total. The van der Waals surface area contributed by atoms with Crippen LogP contribution < -0.4 is 15.1 Å². The largest absolute Gasteiger partial charge is 0.489 e. The lowest BCUT2D eigenvalue weighted by atomic mass is 9.76. The number of nitrogens with one attached hydrogen (secondary N) is 1. The van der Waals surface area contributed by atoms with E-state index in [1.54, 1.807) is 11.7 Å².